The van der Waals surface area contributed by atoms with Crippen molar-refractivity contribution in [3.63, 3.8) is 0 Å². The van der Waals surface area contributed by atoms with Crippen molar-refractivity contribution in [2.75, 3.05) is 7.11 Å². The monoisotopic (exact) mass is 322 g/mol. The van der Waals surface area contributed by atoms with Crippen LogP contribution >= 0.6 is 0 Å². The van der Waals surface area contributed by atoms with E-state index in [9.17, 15) is 14.7 Å². The number of ether oxygens (including phenoxy) is 1. The van der Waals surface area contributed by atoms with Crippen LogP contribution in [0.1, 0.15) is 10.4 Å². The molecule has 3 aromatic rings. The molecule has 24 heavy (non-hydrogen) atoms. The lowest BCUT2D eigenvalue weighted by atomic mass is 10.0. The van der Waals surface area contributed by atoms with Gasteiger partial charge in [0.25, 0.3) is 0 Å². The maximum Gasteiger partial charge on any atom is 0.336 e. The van der Waals surface area contributed by atoms with Crippen molar-refractivity contribution in [2.45, 2.75) is 0 Å². The van der Waals surface area contributed by atoms with E-state index in [0.29, 0.717) is 11.4 Å². The molecule has 6 heteroatoms. The summed E-state index contributed by atoms with van der Waals surface area (Å²) in [7, 11) is 1.58. The predicted molar refractivity (Wildman–Crippen MR) is 89.2 cm³/mol. The van der Waals surface area contributed by atoms with Gasteiger partial charge in [-0.2, -0.15) is 5.10 Å². The van der Waals surface area contributed by atoms with Crippen LogP contribution in [0.2, 0.25) is 0 Å². The molecule has 0 saturated carbocycles. The van der Waals surface area contributed by atoms with E-state index in [0.717, 1.165) is 5.56 Å². The summed E-state index contributed by atoms with van der Waals surface area (Å²) in [4.78, 5) is 23.7. The van der Waals surface area contributed by atoms with E-state index in [-0.39, 0.29) is 22.2 Å². The molecule has 0 atom stereocenters. The third-order valence-electron chi connectivity index (χ3n) is 3.61. The average molecular weight is 322 g/mol. The van der Waals surface area contributed by atoms with Crippen LogP contribution in [0.3, 0.4) is 0 Å². The minimum atomic E-state index is -1.11. The minimum Gasteiger partial charge on any atom is -0.497 e. The van der Waals surface area contributed by atoms with Gasteiger partial charge >= 0.3 is 5.97 Å². The number of nitrogens with one attached hydrogen (secondary N) is 1. The Bertz CT molecular complexity index is 946. The zero-order valence-electron chi connectivity index (χ0n) is 12.8. The highest BCUT2D eigenvalue weighted by atomic mass is 16.5. The van der Waals surface area contributed by atoms with Crippen molar-refractivity contribution in [1.82, 2.24) is 10.2 Å². The van der Waals surface area contributed by atoms with E-state index in [2.05, 4.69) is 10.2 Å². The van der Waals surface area contributed by atoms with Gasteiger partial charge in [0, 0.05) is 11.6 Å². The zero-order chi connectivity index (χ0) is 17.1. The predicted octanol–water partition coefficient (Wildman–Crippen LogP) is 2.81. The lowest BCUT2D eigenvalue weighted by molar-refractivity contribution is 0.0697. The van der Waals surface area contributed by atoms with E-state index in [1.165, 1.54) is 12.1 Å². The fourth-order valence-corrected chi connectivity index (χ4v) is 2.39. The van der Waals surface area contributed by atoms with E-state index in [1.807, 2.05) is 0 Å². The van der Waals surface area contributed by atoms with Crippen LogP contribution in [0.5, 0.6) is 5.75 Å². The molecule has 0 spiro atoms. The Morgan fingerprint density at radius 3 is 2.46 bits per heavy atom. The number of carbonyl (C=O) groups is 1. The molecule has 0 fully saturated rings. The number of hydrogen-bond donors (Lipinski definition) is 2. The van der Waals surface area contributed by atoms with Gasteiger partial charge in [-0.3, -0.25) is 9.89 Å². The van der Waals surface area contributed by atoms with Crippen molar-refractivity contribution in [1.29, 1.82) is 0 Å². The van der Waals surface area contributed by atoms with Crippen LogP contribution in [0.15, 0.2) is 59.4 Å². The van der Waals surface area contributed by atoms with Crippen LogP contribution in [0.25, 0.3) is 22.5 Å². The first-order valence-electron chi connectivity index (χ1n) is 7.17. The topological polar surface area (TPSA) is 92.3 Å². The Kier molecular flexibility index (Phi) is 4.11. The van der Waals surface area contributed by atoms with Crippen molar-refractivity contribution in [3.05, 3.63) is 70.4 Å². The molecule has 1 aromatic heterocycles. The van der Waals surface area contributed by atoms with Gasteiger partial charge in [0.2, 0.25) is 5.43 Å². The number of nitrogens with zero attached hydrogens (tertiary/aromatic N) is 1. The Morgan fingerprint density at radius 1 is 1.12 bits per heavy atom. The fourth-order valence-electron chi connectivity index (χ4n) is 2.39. The molecule has 120 valence electrons. The summed E-state index contributed by atoms with van der Waals surface area (Å²) in [5, 5.41) is 16.1. The number of aromatic amines is 1. The molecule has 2 aromatic carbocycles. The third kappa shape index (κ3) is 2.89. The highest BCUT2D eigenvalue weighted by Crippen LogP contribution is 2.22. The number of H-pyrrole nitrogens is 1. The first-order valence-corrected chi connectivity index (χ1v) is 7.17. The first-order chi connectivity index (χ1) is 11.6. The van der Waals surface area contributed by atoms with E-state index in [4.69, 9.17) is 4.74 Å². The van der Waals surface area contributed by atoms with Crippen LogP contribution in [0.4, 0.5) is 0 Å². The quantitative estimate of drug-likeness (QED) is 0.770. The highest BCUT2D eigenvalue weighted by molar-refractivity contribution is 5.95. The van der Waals surface area contributed by atoms with E-state index < -0.39 is 5.97 Å². The number of rotatable bonds is 4. The molecule has 0 amide bonds. The first kappa shape index (κ1) is 15.5. The Balaban J connectivity index is 2.05. The summed E-state index contributed by atoms with van der Waals surface area (Å²) in [6.45, 7) is 0. The van der Waals surface area contributed by atoms with E-state index >= 15 is 0 Å². The van der Waals surface area contributed by atoms with Gasteiger partial charge in [0.15, 0.2) is 0 Å². The number of carboxylic acid groups (broad SMARTS) is 1. The SMILES string of the molecule is COc1ccc(-c2cc(=O)c(-c3ccccc3C(=O)O)n[nH]2)cc1. The molecule has 0 unspecified atom stereocenters. The largest absolute Gasteiger partial charge is 0.497 e. The molecule has 1 heterocycles. The molecule has 0 saturated heterocycles. The number of hydrogen-bond acceptors (Lipinski definition) is 4. The van der Waals surface area contributed by atoms with Crippen molar-refractivity contribution in [3.8, 4) is 28.3 Å². The lowest BCUT2D eigenvalue weighted by Crippen LogP contribution is -2.11. The Hall–Kier alpha value is -3.41. The maximum absolute atomic E-state index is 12.4. The summed E-state index contributed by atoms with van der Waals surface area (Å²) in [6.07, 6.45) is 0. The smallest absolute Gasteiger partial charge is 0.336 e. The van der Waals surface area contributed by atoms with E-state index in [1.54, 1.807) is 49.6 Å². The van der Waals surface area contributed by atoms with Crippen LogP contribution in [-0.2, 0) is 0 Å². The number of methoxy groups -OCH3 is 1. The normalized spacial score (nSPS) is 10.4. The summed E-state index contributed by atoms with van der Waals surface area (Å²) < 4.78 is 5.10. The Labute approximate surface area is 137 Å². The van der Waals surface area contributed by atoms with Gasteiger partial charge in [0.05, 0.1) is 18.4 Å². The molecule has 6 nitrogen and oxygen atoms in total. The van der Waals surface area contributed by atoms with Crippen LogP contribution in [-0.4, -0.2) is 28.4 Å². The second-order valence-corrected chi connectivity index (χ2v) is 5.07. The highest BCUT2D eigenvalue weighted by Gasteiger charge is 2.15. The molecule has 0 aliphatic carbocycles. The van der Waals surface area contributed by atoms with Gasteiger partial charge in [0.1, 0.15) is 11.4 Å². The lowest BCUT2D eigenvalue weighted by Gasteiger charge is -2.07. The Morgan fingerprint density at radius 2 is 1.83 bits per heavy atom. The average Bonchev–Trinajstić information content (AvgIpc) is 2.61. The molecule has 3 rings (SSSR count). The molecule has 2 N–H and O–H groups in total. The number of benzene rings is 2. The molecule has 0 radical (unpaired) electrons. The summed E-state index contributed by atoms with van der Waals surface area (Å²) in [6, 6.07) is 14.8. The van der Waals surface area contributed by atoms with Gasteiger partial charge in [-0.25, -0.2) is 4.79 Å². The number of carboxylic acids is 1. The molecule has 0 bridgehead atoms. The van der Waals surface area contributed by atoms with Crippen molar-refractivity contribution in [2.24, 2.45) is 0 Å². The van der Waals surface area contributed by atoms with Crippen molar-refractivity contribution < 1.29 is 14.6 Å². The number of aromatic nitrogens is 2. The zero-order valence-corrected chi connectivity index (χ0v) is 12.8. The van der Waals surface area contributed by atoms with Crippen LogP contribution in [0, 0.1) is 0 Å². The summed E-state index contributed by atoms with van der Waals surface area (Å²) in [5.74, 6) is -0.396. The standard InChI is InChI=1S/C18H14N2O4/c1-24-12-8-6-11(7-9-12)15-10-16(21)17(20-19-15)13-4-2-3-5-14(13)18(22)23/h2-10H,1H3,(H,19,21)(H,22,23). The summed E-state index contributed by atoms with van der Waals surface area (Å²) in [5.41, 5.74) is 1.36. The second kappa shape index (κ2) is 6.37. The van der Waals surface area contributed by atoms with Crippen LogP contribution < -0.4 is 10.2 Å². The fraction of sp³-hybridized carbons (Fsp3) is 0.0556. The molecule has 0 aliphatic rings. The van der Waals surface area contributed by atoms with Gasteiger partial charge in [-0.15, -0.1) is 0 Å². The summed E-state index contributed by atoms with van der Waals surface area (Å²) >= 11 is 0. The van der Waals surface area contributed by atoms with Gasteiger partial charge in [-0.1, -0.05) is 18.2 Å². The number of aromatic carboxylic acids is 1. The molecule has 0 aliphatic heterocycles. The molecular formula is C18H14N2O4. The minimum absolute atomic E-state index is 0.0349. The third-order valence-corrected chi connectivity index (χ3v) is 3.61. The van der Waals surface area contributed by atoms with Gasteiger partial charge < -0.3 is 9.84 Å². The maximum atomic E-state index is 12.4. The molecular weight excluding hydrogens is 308 g/mol. The van der Waals surface area contributed by atoms with Crippen molar-refractivity contribution >= 4 is 5.97 Å². The second-order valence-electron chi connectivity index (χ2n) is 5.07. The van der Waals surface area contributed by atoms with Gasteiger partial charge in [-0.05, 0) is 35.9 Å².